The summed E-state index contributed by atoms with van der Waals surface area (Å²) in [7, 11) is 0. The number of aliphatic hydroxyl groups is 1. The normalized spacial score (nSPS) is 12.8. The van der Waals surface area contributed by atoms with Crippen molar-refractivity contribution in [3.8, 4) is 0 Å². The maximum absolute atomic E-state index is 13.7. The number of fused-ring (bicyclic) bond motifs is 1. The quantitative estimate of drug-likeness (QED) is 0.0876. The topological polar surface area (TPSA) is 107 Å². The zero-order valence-electron chi connectivity index (χ0n) is 30.9. The molecule has 0 fully saturated rings. The van der Waals surface area contributed by atoms with Crippen molar-refractivity contribution in [1.82, 2.24) is 25.2 Å². The number of aromatic nitrogens is 1. The molecule has 51 heavy (non-hydrogen) atoms. The maximum atomic E-state index is 13.7. The Morgan fingerprint density at radius 3 is 2.29 bits per heavy atom. The summed E-state index contributed by atoms with van der Waals surface area (Å²) in [4.78, 5) is 31.1. The average molecular weight is 736 g/mol. The molecule has 276 valence electrons. The van der Waals surface area contributed by atoms with E-state index in [1.165, 1.54) is 12.1 Å². The molecule has 3 aromatic carbocycles. The second-order valence-corrected chi connectivity index (χ2v) is 16.3. The zero-order valence-corrected chi connectivity index (χ0v) is 32.5. The second kappa shape index (κ2) is 21.1. The van der Waals surface area contributed by atoms with Crippen molar-refractivity contribution in [3.63, 3.8) is 0 Å². The molecule has 1 heterocycles. The van der Waals surface area contributed by atoms with E-state index in [9.17, 15) is 19.1 Å². The molecule has 0 aliphatic rings. The fourth-order valence-corrected chi connectivity index (χ4v) is 6.29. The Labute approximate surface area is 311 Å². The SMILES string of the molecule is CC(C)CN(CC(O)C(Cc1ccccc1)NC(=O)CNC(=O)CNC(C)(C)c1cccc(F)c1)Sc1ccc2ncccc2c1.CSC(C)C. The lowest BCUT2D eigenvalue weighted by Crippen LogP contribution is -2.52. The molecule has 2 atom stereocenters. The number of nitrogens with zero attached hydrogens (tertiary/aromatic N) is 2. The third-order valence-electron chi connectivity index (χ3n) is 8.03. The van der Waals surface area contributed by atoms with Crippen LogP contribution in [0.4, 0.5) is 4.39 Å². The van der Waals surface area contributed by atoms with Crippen LogP contribution >= 0.6 is 23.7 Å². The molecule has 2 unspecified atom stereocenters. The Balaban J connectivity index is 0.00000131. The van der Waals surface area contributed by atoms with Crippen LogP contribution in [0.1, 0.15) is 52.7 Å². The summed E-state index contributed by atoms with van der Waals surface area (Å²) >= 11 is 3.45. The first-order valence-electron chi connectivity index (χ1n) is 17.3. The lowest BCUT2D eigenvalue weighted by atomic mass is 9.94. The van der Waals surface area contributed by atoms with Gasteiger partial charge in [-0.2, -0.15) is 11.8 Å². The monoisotopic (exact) mass is 735 g/mol. The van der Waals surface area contributed by atoms with Gasteiger partial charge in [-0.05, 0) is 97.2 Å². The summed E-state index contributed by atoms with van der Waals surface area (Å²) < 4.78 is 15.8. The number of carbonyl (C=O) groups excluding carboxylic acids is 2. The highest BCUT2D eigenvalue weighted by Gasteiger charge is 2.26. The number of hydrogen-bond acceptors (Lipinski definition) is 8. The van der Waals surface area contributed by atoms with Gasteiger partial charge in [0.2, 0.25) is 11.8 Å². The Hall–Kier alpha value is -3.48. The molecule has 4 aromatic rings. The van der Waals surface area contributed by atoms with Crippen LogP contribution in [0.15, 0.2) is 96.0 Å². The minimum atomic E-state index is -0.887. The van der Waals surface area contributed by atoms with Crippen LogP contribution in [0.5, 0.6) is 0 Å². The summed E-state index contributed by atoms with van der Waals surface area (Å²) in [6.45, 7) is 13.1. The van der Waals surface area contributed by atoms with Crippen LogP contribution in [0.3, 0.4) is 0 Å². The van der Waals surface area contributed by atoms with Crippen LogP contribution in [0, 0.1) is 11.7 Å². The van der Waals surface area contributed by atoms with Gasteiger partial charge < -0.3 is 15.7 Å². The Kier molecular flexibility index (Phi) is 17.4. The average Bonchev–Trinajstić information content (AvgIpc) is 3.10. The van der Waals surface area contributed by atoms with Crippen molar-refractivity contribution in [2.75, 3.05) is 32.4 Å². The third kappa shape index (κ3) is 15.3. The Morgan fingerprint density at radius 1 is 0.902 bits per heavy atom. The minimum Gasteiger partial charge on any atom is -0.390 e. The Bertz CT molecular complexity index is 1660. The molecule has 4 rings (SSSR count). The molecule has 4 N–H and O–H groups in total. The summed E-state index contributed by atoms with van der Waals surface area (Å²) in [5, 5.41) is 22.1. The smallest absolute Gasteiger partial charge is 0.239 e. The molecule has 0 radical (unpaired) electrons. The van der Waals surface area contributed by atoms with Crippen LogP contribution in [0.25, 0.3) is 10.9 Å². The van der Waals surface area contributed by atoms with Crippen LogP contribution < -0.4 is 16.0 Å². The van der Waals surface area contributed by atoms with Gasteiger partial charge >= 0.3 is 0 Å². The van der Waals surface area contributed by atoms with E-state index in [0.717, 1.165) is 33.2 Å². The Morgan fingerprint density at radius 2 is 1.63 bits per heavy atom. The summed E-state index contributed by atoms with van der Waals surface area (Å²) in [5.74, 6) is -0.774. The fraction of sp³-hybridized carbons (Fsp3) is 0.425. The molecular weight excluding hydrogens is 682 g/mol. The highest BCUT2D eigenvalue weighted by atomic mass is 32.2. The van der Waals surface area contributed by atoms with E-state index in [-0.39, 0.29) is 24.8 Å². The molecule has 0 spiro atoms. The van der Waals surface area contributed by atoms with E-state index in [1.54, 1.807) is 30.3 Å². The largest absolute Gasteiger partial charge is 0.390 e. The summed E-state index contributed by atoms with van der Waals surface area (Å²) in [6.07, 6.45) is 3.43. The second-order valence-electron chi connectivity index (χ2n) is 13.7. The van der Waals surface area contributed by atoms with Crippen LogP contribution in [-0.2, 0) is 21.5 Å². The molecule has 0 bridgehead atoms. The first-order chi connectivity index (χ1) is 24.2. The van der Waals surface area contributed by atoms with Gasteiger partial charge in [0.25, 0.3) is 0 Å². The molecule has 8 nitrogen and oxygen atoms in total. The number of rotatable bonds is 17. The molecule has 0 aliphatic carbocycles. The van der Waals surface area contributed by atoms with E-state index in [2.05, 4.69) is 65.3 Å². The lowest BCUT2D eigenvalue weighted by Gasteiger charge is -2.30. The highest BCUT2D eigenvalue weighted by molar-refractivity contribution is 7.99. The summed E-state index contributed by atoms with van der Waals surface area (Å²) in [6, 6.07) is 25.4. The highest BCUT2D eigenvalue weighted by Crippen LogP contribution is 2.27. The van der Waals surface area contributed by atoms with Gasteiger partial charge in [0.1, 0.15) is 5.82 Å². The molecule has 11 heteroatoms. The first kappa shape index (κ1) is 41.9. The number of pyridine rings is 1. The number of carbonyl (C=O) groups is 2. The van der Waals surface area contributed by atoms with Crippen molar-refractivity contribution in [1.29, 1.82) is 0 Å². The number of nitrogens with one attached hydrogen (secondary N) is 3. The van der Waals surface area contributed by atoms with E-state index < -0.39 is 23.6 Å². The number of benzene rings is 3. The van der Waals surface area contributed by atoms with Crippen molar-refractivity contribution in [3.05, 3.63) is 108 Å². The molecular formula is C40H54FN5O3S2. The van der Waals surface area contributed by atoms with Crippen molar-refractivity contribution in [2.45, 2.75) is 75.8 Å². The third-order valence-corrected chi connectivity index (χ3v) is 10.00. The van der Waals surface area contributed by atoms with Crippen molar-refractivity contribution < 1.29 is 19.1 Å². The predicted molar refractivity (Wildman–Crippen MR) is 211 cm³/mol. The van der Waals surface area contributed by atoms with E-state index >= 15 is 0 Å². The van der Waals surface area contributed by atoms with Gasteiger partial charge in [-0.25, -0.2) is 8.70 Å². The van der Waals surface area contributed by atoms with Crippen LogP contribution in [-0.4, -0.2) is 76.0 Å². The lowest BCUT2D eigenvalue weighted by molar-refractivity contribution is -0.126. The number of amides is 2. The number of aliphatic hydroxyl groups excluding tert-OH is 1. The molecule has 1 aromatic heterocycles. The van der Waals surface area contributed by atoms with Gasteiger partial charge in [-0.3, -0.25) is 19.9 Å². The number of thioether (sulfide) groups is 1. The fourth-order valence-electron chi connectivity index (χ4n) is 5.08. The van der Waals surface area contributed by atoms with Gasteiger partial charge in [0, 0.05) is 35.1 Å². The minimum absolute atomic E-state index is 0.0565. The molecule has 2 amide bonds. The molecule has 0 aliphatic heterocycles. The van der Waals surface area contributed by atoms with E-state index in [4.69, 9.17) is 0 Å². The van der Waals surface area contributed by atoms with E-state index in [0.29, 0.717) is 24.4 Å². The van der Waals surface area contributed by atoms with Gasteiger partial charge in [0.05, 0.1) is 30.8 Å². The standard InChI is InChI=1S/C36H44FN5O3S.C4H10S/c1-25(2)23-42(46-30-15-16-31-27(19-30)12-9-17-38-31)24-33(43)32(18-26-10-6-5-7-11-26)41-35(45)21-39-34(44)22-40-36(3,4)28-13-8-14-29(37)20-28;1-4(2)5-3/h5-17,19-20,25,32-33,40,43H,18,21-24H2,1-4H3,(H,39,44)(H,41,45);4H,1-3H3. The van der Waals surface area contributed by atoms with Gasteiger partial charge in [-0.15, -0.1) is 0 Å². The zero-order chi connectivity index (χ0) is 37.4. The van der Waals surface area contributed by atoms with E-state index in [1.807, 2.05) is 80.2 Å². The maximum Gasteiger partial charge on any atom is 0.239 e. The van der Waals surface area contributed by atoms with Crippen molar-refractivity contribution >= 4 is 46.4 Å². The first-order valence-corrected chi connectivity index (χ1v) is 19.4. The number of hydrogen-bond donors (Lipinski definition) is 4. The molecule has 0 saturated carbocycles. The van der Waals surface area contributed by atoms with Crippen LogP contribution in [0.2, 0.25) is 0 Å². The predicted octanol–water partition coefficient (Wildman–Crippen LogP) is 6.83. The van der Waals surface area contributed by atoms with Gasteiger partial charge in [0.15, 0.2) is 0 Å². The molecule has 0 saturated heterocycles. The van der Waals surface area contributed by atoms with Gasteiger partial charge in [-0.1, -0.05) is 76.2 Å². The number of halogens is 1. The van der Waals surface area contributed by atoms with Crippen molar-refractivity contribution in [2.24, 2.45) is 5.92 Å². The summed E-state index contributed by atoms with van der Waals surface area (Å²) in [5.41, 5.74) is 1.95.